The molecule has 0 saturated heterocycles. The van der Waals surface area contributed by atoms with Gasteiger partial charge < -0.3 is 4.74 Å². The molecule has 0 aliphatic heterocycles. The van der Waals surface area contributed by atoms with Crippen molar-refractivity contribution < 1.29 is 18.1 Å². The minimum absolute atomic E-state index is 0.00281. The molecule has 0 bridgehead atoms. The van der Waals surface area contributed by atoms with Gasteiger partial charge in [-0.25, -0.2) is 13.5 Å². The van der Waals surface area contributed by atoms with E-state index in [1.807, 2.05) is 0 Å². The molecule has 0 amide bonds. The molecule has 0 aliphatic rings. The predicted molar refractivity (Wildman–Crippen MR) is 72.3 cm³/mol. The number of methoxy groups -OCH3 is 1. The van der Waals surface area contributed by atoms with Gasteiger partial charge in [-0.3, -0.25) is 14.8 Å². The number of H-pyrrole nitrogens is 1. The van der Waals surface area contributed by atoms with Gasteiger partial charge in [0.2, 0.25) is 16.0 Å². The van der Waals surface area contributed by atoms with Crippen molar-refractivity contribution >= 4 is 21.7 Å². The standard InChI is InChI=1S/C10H11N5O5S/c1-20-10-11-9(12-13-10)14-21(18,19)6-7-2-4-8(5-3-7)15(16)17/h2-5H,6H2,1H3,(H2,11,12,13,14). The van der Waals surface area contributed by atoms with Crippen LogP contribution in [0.15, 0.2) is 24.3 Å². The van der Waals surface area contributed by atoms with E-state index >= 15 is 0 Å². The number of rotatable bonds is 6. The third kappa shape index (κ3) is 3.89. The van der Waals surface area contributed by atoms with Crippen molar-refractivity contribution in [3.8, 4) is 6.01 Å². The summed E-state index contributed by atoms with van der Waals surface area (Å²) in [5, 5.41) is 16.5. The molecular weight excluding hydrogens is 302 g/mol. The molecule has 0 radical (unpaired) electrons. The second-order valence-electron chi connectivity index (χ2n) is 3.96. The molecule has 2 aromatic rings. The zero-order chi connectivity index (χ0) is 15.5. The highest BCUT2D eigenvalue weighted by Gasteiger charge is 2.15. The molecule has 2 rings (SSSR count). The average Bonchev–Trinajstić information content (AvgIpc) is 2.85. The van der Waals surface area contributed by atoms with Crippen molar-refractivity contribution in [2.75, 3.05) is 11.8 Å². The lowest BCUT2D eigenvalue weighted by Crippen LogP contribution is -2.16. The largest absolute Gasteiger partial charge is 0.466 e. The van der Waals surface area contributed by atoms with E-state index in [2.05, 4.69) is 19.9 Å². The Bertz CT molecular complexity index is 739. The molecule has 1 heterocycles. The zero-order valence-electron chi connectivity index (χ0n) is 10.8. The van der Waals surface area contributed by atoms with Gasteiger partial charge in [-0.15, -0.1) is 5.10 Å². The SMILES string of the molecule is COc1n[nH]c(NS(=O)(=O)Cc2ccc([N+](=O)[O-])cc2)n1. The average molecular weight is 313 g/mol. The van der Waals surface area contributed by atoms with Gasteiger partial charge in [-0.2, -0.15) is 4.98 Å². The first-order chi connectivity index (χ1) is 9.89. The van der Waals surface area contributed by atoms with Crippen LogP contribution in [0, 0.1) is 10.1 Å². The summed E-state index contributed by atoms with van der Waals surface area (Å²) in [5.41, 5.74) is 0.295. The fourth-order valence-corrected chi connectivity index (χ4v) is 2.59. The van der Waals surface area contributed by atoms with Crippen LogP contribution in [0.1, 0.15) is 5.56 Å². The summed E-state index contributed by atoms with van der Waals surface area (Å²) in [6, 6.07) is 5.23. The number of aromatic amines is 1. The van der Waals surface area contributed by atoms with Gasteiger partial charge in [-0.05, 0) is 5.56 Å². The summed E-state index contributed by atoms with van der Waals surface area (Å²) >= 11 is 0. The third-order valence-electron chi connectivity index (χ3n) is 2.40. The number of anilines is 1. The first-order valence-electron chi connectivity index (χ1n) is 5.60. The monoisotopic (exact) mass is 313 g/mol. The van der Waals surface area contributed by atoms with Gasteiger partial charge in [-0.1, -0.05) is 12.1 Å². The van der Waals surface area contributed by atoms with Crippen molar-refractivity contribution in [1.82, 2.24) is 15.2 Å². The van der Waals surface area contributed by atoms with E-state index in [0.29, 0.717) is 5.56 Å². The van der Waals surface area contributed by atoms with Crippen molar-refractivity contribution in [2.24, 2.45) is 0 Å². The Morgan fingerprint density at radius 2 is 2.05 bits per heavy atom. The number of nitro benzene ring substituents is 1. The number of aromatic nitrogens is 3. The van der Waals surface area contributed by atoms with Crippen LogP contribution in [0.5, 0.6) is 6.01 Å². The van der Waals surface area contributed by atoms with Gasteiger partial charge in [0, 0.05) is 12.1 Å². The fraction of sp³-hybridized carbons (Fsp3) is 0.200. The molecule has 11 heteroatoms. The molecule has 0 saturated carbocycles. The zero-order valence-corrected chi connectivity index (χ0v) is 11.6. The molecule has 0 atom stereocenters. The topological polar surface area (TPSA) is 140 Å². The van der Waals surface area contributed by atoms with E-state index in [9.17, 15) is 18.5 Å². The van der Waals surface area contributed by atoms with Gasteiger partial charge in [0.15, 0.2) is 0 Å². The maximum Gasteiger partial charge on any atom is 0.336 e. The van der Waals surface area contributed by atoms with Crippen molar-refractivity contribution in [3.05, 3.63) is 39.9 Å². The second kappa shape index (κ2) is 5.75. The Balaban J connectivity index is 2.08. The summed E-state index contributed by atoms with van der Waals surface area (Å²) in [4.78, 5) is 13.7. The minimum Gasteiger partial charge on any atom is -0.466 e. The number of benzene rings is 1. The maximum absolute atomic E-state index is 11.9. The molecule has 2 N–H and O–H groups in total. The number of nitrogens with one attached hydrogen (secondary N) is 2. The number of hydrogen-bond acceptors (Lipinski definition) is 7. The van der Waals surface area contributed by atoms with E-state index < -0.39 is 14.9 Å². The Kier molecular flexibility index (Phi) is 4.03. The number of sulfonamides is 1. The van der Waals surface area contributed by atoms with E-state index in [1.165, 1.54) is 31.4 Å². The van der Waals surface area contributed by atoms with Gasteiger partial charge in [0.1, 0.15) is 0 Å². The van der Waals surface area contributed by atoms with Crippen molar-refractivity contribution in [2.45, 2.75) is 5.75 Å². The van der Waals surface area contributed by atoms with Crippen LogP contribution >= 0.6 is 0 Å². The van der Waals surface area contributed by atoms with Crippen molar-refractivity contribution in [3.63, 3.8) is 0 Å². The molecule has 10 nitrogen and oxygen atoms in total. The van der Waals surface area contributed by atoms with Crippen LogP contribution in [-0.4, -0.2) is 35.6 Å². The highest BCUT2D eigenvalue weighted by atomic mass is 32.2. The van der Waals surface area contributed by atoms with E-state index in [0.717, 1.165) is 0 Å². The second-order valence-corrected chi connectivity index (χ2v) is 5.68. The predicted octanol–water partition coefficient (Wildman–Crippen LogP) is 0.663. The van der Waals surface area contributed by atoms with E-state index in [4.69, 9.17) is 4.74 Å². The molecule has 0 fully saturated rings. The fourth-order valence-electron chi connectivity index (χ4n) is 1.50. The van der Waals surface area contributed by atoms with Crippen LogP contribution in [-0.2, 0) is 15.8 Å². The molecule has 0 aliphatic carbocycles. The number of ether oxygens (including phenoxy) is 1. The molecule has 21 heavy (non-hydrogen) atoms. The summed E-state index contributed by atoms with van der Waals surface area (Å²) < 4.78 is 30.7. The van der Waals surface area contributed by atoms with Gasteiger partial charge >= 0.3 is 6.01 Å². The van der Waals surface area contributed by atoms with E-state index in [1.54, 1.807) is 0 Å². The molecule has 1 aromatic heterocycles. The molecule has 112 valence electrons. The third-order valence-corrected chi connectivity index (χ3v) is 3.62. The smallest absolute Gasteiger partial charge is 0.336 e. The quantitative estimate of drug-likeness (QED) is 0.589. The minimum atomic E-state index is -3.72. The van der Waals surface area contributed by atoms with Crippen LogP contribution in [0.2, 0.25) is 0 Å². The van der Waals surface area contributed by atoms with E-state index in [-0.39, 0.29) is 23.4 Å². The van der Waals surface area contributed by atoms with Crippen molar-refractivity contribution in [1.29, 1.82) is 0 Å². The van der Waals surface area contributed by atoms with Crippen LogP contribution < -0.4 is 9.46 Å². The lowest BCUT2D eigenvalue weighted by molar-refractivity contribution is -0.384. The maximum atomic E-state index is 11.9. The van der Waals surface area contributed by atoms with Crippen LogP contribution in [0.25, 0.3) is 0 Å². The Morgan fingerprint density at radius 3 is 2.57 bits per heavy atom. The normalized spacial score (nSPS) is 11.1. The first kappa shape index (κ1) is 14.7. The summed E-state index contributed by atoms with van der Waals surface area (Å²) in [6.07, 6.45) is 0. The first-order valence-corrected chi connectivity index (χ1v) is 7.25. The summed E-state index contributed by atoms with van der Waals surface area (Å²) in [7, 11) is -2.38. The van der Waals surface area contributed by atoms with Gasteiger partial charge in [0.05, 0.1) is 17.8 Å². The van der Waals surface area contributed by atoms with Crippen LogP contribution in [0.3, 0.4) is 0 Å². The lowest BCUT2D eigenvalue weighted by Gasteiger charge is -2.04. The highest BCUT2D eigenvalue weighted by Crippen LogP contribution is 2.15. The molecule has 1 aromatic carbocycles. The number of hydrogen-bond donors (Lipinski definition) is 2. The number of nitro groups is 1. The Hall–Kier alpha value is -2.69. The summed E-state index contributed by atoms with van der Waals surface area (Å²) in [6.45, 7) is 0. The number of nitrogens with zero attached hydrogens (tertiary/aromatic N) is 3. The van der Waals surface area contributed by atoms with Gasteiger partial charge in [0.25, 0.3) is 5.69 Å². The Labute approximate surface area is 119 Å². The number of non-ortho nitro benzene ring substituents is 1. The summed E-state index contributed by atoms with van der Waals surface area (Å²) in [5.74, 6) is -0.428. The molecule has 0 spiro atoms. The molecule has 0 unspecified atom stereocenters. The lowest BCUT2D eigenvalue weighted by atomic mass is 10.2. The Morgan fingerprint density at radius 1 is 1.38 bits per heavy atom. The molecular formula is C10H11N5O5S. The highest BCUT2D eigenvalue weighted by molar-refractivity contribution is 7.91. The van der Waals surface area contributed by atoms with Crippen LogP contribution in [0.4, 0.5) is 11.6 Å².